The molecule has 0 spiro atoms. The summed E-state index contributed by atoms with van der Waals surface area (Å²) >= 11 is 12.0. The fraction of sp³-hybridized carbons (Fsp3) is 0.533. The summed E-state index contributed by atoms with van der Waals surface area (Å²) in [6, 6.07) is 7.00. The van der Waals surface area contributed by atoms with Crippen LogP contribution in [-0.2, 0) is 0 Å². The SMILES string of the molecule is CC1CCC(CCl)(NC(=O)c2cccc(Cl)c2)CC1. The number of carbonyl (C=O) groups excluding carboxylic acids is 1. The largest absolute Gasteiger partial charge is 0.345 e. The molecule has 0 atom stereocenters. The maximum absolute atomic E-state index is 12.3. The maximum atomic E-state index is 12.3. The Bertz CT molecular complexity index is 453. The van der Waals surface area contributed by atoms with E-state index in [1.54, 1.807) is 24.3 Å². The Labute approximate surface area is 124 Å². The third-order valence-corrected chi connectivity index (χ3v) is 4.70. The standard InChI is InChI=1S/C15H19Cl2NO/c1-11-5-7-15(10-16,8-6-11)18-14(19)12-3-2-4-13(17)9-12/h2-4,9,11H,5-8,10H2,1H3,(H,18,19). The van der Waals surface area contributed by atoms with Crippen LogP contribution in [0.2, 0.25) is 5.02 Å². The first-order chi connectivity index (χ1) is 9.04. The van der Waals surface area contributed by atoms with Gasteiger partial charge in [-0.05, 0) is 49.8 Å². The highest BCUT2D eigenvalue weighted by atomic mass is 35.5. The monoisotopic (exact) mass is 299 g/mol. The van der Waals surface area contributed by atoms with E-state index in [0.717, 1.165) is 31.6 Å². The number of benzene rings is 1. The van der Waals surface area contributed by atoms with Crippen LogP contribution in [0.15, 0.2) is 24.3 Å². The fourth-order valence-electron chi connectivity index (χ4n) is 2.55. The van der Waals surface area contributed by atoms with Gasteiger partial charge in [-0.3, -0.25) is 4.79 Å². The number of nitrogens with one attached hydrogen (secondary N) is 1. The van der Waals surface area contributed by atoms with E-state index >= 15 is 0 Å². The molecule has 4 heteroatoms. The van der Waals surface area contributed by atoms with Crippen molar-refractivity contribution < 1.29 is 4.79 Å². The highest BCUT2D eigenvalue weighted by Crippen LogP contribution is 2.33. The molecule has 1 saturated carbocycles. The lowest BCUT2D eigenvalue weighted by atomic mass is 9.78. The average Bonchev–Trinajstić information content (AvgIpc) is 2.42. The second-order valence-corrected chi connectivity index (χ2v) is 6.26. The van der Waals surface area contributed by atoms with E-state index in [-0.39, 0.29) is 11.4 Å². The number of carbonyl (C=O) groups is 1. The number of hydrogen-bond acceptors (Lipinski definition) is 1. The molecule has 0 saturated heterocycles. The van der Waals surface area contributed by atoms with E-state index in [4.69, 9.17) is 23.2 Å². The summed E-state index contributed by atoms with van der Waals surface area (Å²) < 4.78 is 0. The minimum absolute atomic E-state index is 0.0855. The topological polar surface area (TPSA) is 29.1 Å². The highest BCUT2D eigenvalue weighted by molar-refractivity contribution is 6.31. The molecule has 0 heterocycles. The van der Waals surface area contributed by atoms with E-state index in [2.05, 4.69) is 12.2 Å². The van der Waals surface area contributed by atoms with E-state index in [9.17, 15) is 4.79 Å². The molecule has 1 aromatic rings. The molecule has 1 amide bonds. The van der Waals surface area contributed by atoms with Crippen molar-refractivity contribution in [3.8, 4) is 0 Å². The predicted octanol–water partition coefficient (Wildman–Crippen LogP) is 4.26. The molecule has 19 heavy (non-hydrogen) atoms. The summed E-state index contributed by atoms with van der Waals surface area (Å²) in [5.41, 5.74) is 0.337. The molecular formula is C15H19Cl2NO. The molecular weight excluding hydrogens is 281 g/mol. The molecule has 1 aliphatic rings. The molecule has 2 nitrogen and oxygen atoms in total. The van der Waals surface area contributed by atoms with Gasteiger partial charge in [-0.1, -0.05) is 24.6 Å². The van der Waals surface area contributed by atoms with Gasteiger partial charge in [-0.15, -0.1) is 11.6 Å². The zero-order chi connectivity index (χ0) is 13.9. The van der Waals surface area contributed by atoms with Crippen LogP contribution in [0, 0.1) is 5.92 Å². The van der Waals surface area contributed by atoms with Gasteiger partial charge in [0, 0.05) is 16.5 Å². The Kier molecular flexibility index (Phi) is 4.75. The lowest BCUT2D eigenvalue weighted by Crippen LogP contribution is -2.52. The number of alkyl halides is 1. The molecule has 1 N–H and O–H groups in total. The van der Waals surface area contributed by atoms with Crippen LogP contribution >= 0.6 is 23.2 Å². The Balaban J connectivity index is 2.08. The highest BCUT2D eigenvalue weighted by Gasteiger charge is 2.35. The zero-order valence-electron chi connectivity index (χ0n) is 11.1. The Morgan fingerprint density at radius 3 is 2.68 bits per heavy atom. The van der Waals surface area contributed by atoms with Crippen LogP contribution in [0.25, 0.3) is 0 Å². The molecule has 0 aliphatic heterocycles. The van der Waals surface area contributed by atoms with Gasteiger partial charge in [0.25, 0.3) is 5.91 Å². The summed E-state index contributed by atoms with van der Waals surface area (Å²) in [5.74, 6) is 1.10. The van der Waals surface area contributed by atoms with E-state index < -0.39 is 0 Å². The quantitative estimate of drug-likeness (QED) is 0.830. The minimum Gasteiger partial charge on any atom is -0.345 e. The third kappa shape index (κ3) is 3.64. The number of halogens is 2. The Hall–Kier alpha value is -0.730. The van der Waals surface area contributed by atoms with Crippen LogP contribution in [0.3, 0.4) is 0 Å². The lowest BCUT2D eigenvalue weighted by Gasteiger charge is -2.38. The second kappa shape index (κ2) is 6.15. The van der Waals surface area contributed by atoms with Crippen molar-refractivity contribution in [2.45, 2.75) is 38.1 Å². The van der Waals surface area contributed by atoms with Gasteiger partial charge in [0.2, 0.25) is 0 Å². The maximum Gasteiger partial charge on any atom is 0.251 e. The van der Waals surface area contributed by atoms with Crippen LogP contribution in [-0.4, -0.2) is 17.3 Å². The Morgan fingerprint density at radius 2 is 2.11 bits per heavy atom. The van der Waals surface area contributed by atoms with Crippen molar-refractivity contribution in [2.24, 2.45) is 5.92 Å². The van der Waals surface area contributed by atoms with Gasteiger partial charge in [0.15, 0.2) is 0 Å². The van der Waals surface area contributed by atoms with Crippen LogP contribution in [0.1, 0.15) is 43.0 Å². The molecule has 0 aromatic heterocycles. The van der Waals surface area contributed by atoms with E-state index in [1.807, 2.05) is 0 Å². The summed E-state index contributed by atoms with van der Waals surface area (Å²) in [7, 11) is 0. The second-order valence-electron chi connectivity index (χ2n) is 5.56. The first-order valence-corrected chi connectivity index (χ1v) is 7.60. The average molecular weight is 300 g/mol. The van der Waals surface area contributed by atoms with E-state index in [1.165, 1.54) is 0 Å². The molecule has 1 aliphatic carbocycles. The first-order valence-electron chi connectivity index (χ1n) is 6.69. The van der Waals surface area contributed by atoms with Crippen LogP contribution in [0.5, 0.6) is 0 Å². The summed E-state index contributed by atoms with van der Waals surface area (Å²) in [4.78, 5) is 12.3. The zero-order valence-corrected chi connectivity index (χ0v) is 12.6. The normalized spacial score (nSPS) is 27.0. The van der Waals surface area contributed by atoms with E-state index in [0.29, 0.717) is 16.5 Å². The van der Waals surface area contributed by atoms with Crippen molar-refractivity contribution >= 4 is 29.1 Å². The number of hydrogen-bond donors (Lipinski definition) is 1. The minimum atomic E-state index is -0.256. The smallest absolute Gasteiger partial charge is 0.251 e. The third-order valence-electron chi connectivity index (χ3n) is 3.95. The fourth-order valence-corrected chi connectivity index (χ4v) is 3.07. The molecule has 1 aromatic carbocycles. The van der Waals surface area contributed by atoms with Gasteiger partial charge in [-0.25, -0.2) is 0 Å². The summed E-state index contributed by atoms with van der Waals surface area (Å²) in [5, 5.41) is 3.69. The van der Waals surface area contributed by atoms with Crippen molar-refractivity contribution in [1.82, 2.24) is 5.32 Å². The summed E-state index contributed by atoms with van der Waals surface area (Å²) in [6.07, 6.45) is 4.12. The van der Waals surface area contributed by atoms with Gasteiger partial charge in [0.05, 0.1) is 5.54 Å². The Morgan fingerprint density at radius 1 is 1.42 bits per heavy atom. The molecule has 0 unspecified atom stereocenters. The van der Waals surface area contributed by atoms with Gasteiger partial charge < -0.3 is 5.32 Å². The molecule has 0 bridgehead atoms. The lowest BCUT2D eigenvalue weighted by molar-refractivity contribution is 0.0872. The van der Waals surface area contributed by atoms with Crippen molar-refractivity contribution in [3.05, 3.63) is 34.9 Å². The van der Waals surface area contributed by atoms with Crippen LogP contribution in [0.4, 0.5) is 0 Å². The first kappa shape index (κ1) is 14.7. The number of amides is 1. The van der Waals surface area contributed by atoms with Gasteiger partial charge in [-0.2, -0.15) is 0 Å². The predicted molar refractivity (Wildman–Crippen MR) is 80.0 cm³/mol. The van der Waals surface area contributed by atoms with Crippen molar-refractivity contribution in [3.63, 3.8) is 0 Å². The molecule has 1 fully saturated rings. The van der Waals surface area contributed by atoms with Crippen molar-refractivity contribution in [1.29, 1.82) is 0 Å². The van der Waals surface area contributed by atoms with Crippen molar-refractivity contribution in [2.75, 3.05) is 5.88 Å². The van der Waals surface area contributed by atoms with Gasteiger partial charge in [0.1, 0.15) is 0 Å². The summed E-state index contributed by atoms with van der Waals surface area (Å²) in [6.45, 7) is 2.25. The van der Waals surface area contributed by atoms with Gasteiger partial charge >= 0.3 is 0 Å². The molecule has 104 valence electrons. The molecule has 0 radical (unpaired) electrons. The van der Waals surface area contributed by atoms with Crippen LogP contribution < -0.4 is 5.32 Å². The molecule has 2 rings (SSSR count). The number of rotatable bonds is 3.